The predicted octanol–water partition coefficient (Wildman–Crippen LogP) is 2.97. The van der Waals surface area contributed by atoms with Gasteiger partial charge in [-0.25, -0.2) is 9.50 Å². The molecule has 1 atom stereocenters. The maximum absolute atomic E-state index is 12.7. The van der Waals surface area contributed by atoms with Crippen molar-refractivity contribution < 1.29 is 4.79 Å². The van der Waals surface area contributed by atoms with Crippen LogP contribution in [0.1, 0.15) is 34.1 Å². The molecule has 3 aromatic heterocycles. The summed E-state index contributed by atoms with van der Waals surface area (Å²) >= 11 is 4.90. The molecule has 4 rings (SSSR count). The van der Waals surface area contributed by atoms with Gasteiger partial charge in [-0.15, -0.1) is 11.3 Å². The lowest BCUT2D eigenvalue weighted by Gasteiger charge is -2.32. The van der Waals surface area contributed by atoms with Crippen molar-refractivity contribution in [3.63, 3.8) is 0 Å². The van der Waals surface area contributed by atoms with Crippen molar-refractivity contribution in [2.24, 2.45) is 0 Å². The highest BCUT2D eigenvalue weighted by Gasteiger charge is 2.27. The van der Waals surface area contributed by atoms with Gasteiger partial charge in [0.05, 0.1) is 14.4 Å². The Morgan fingerprint density at radius 1 is 1.30 bits per heavy atom. The Balaban J connectivity index is 1.60. The van der Waals surface area contributed by atoms with E-state index < -0.39 is 0 Å². The summed E-state index contributed by atoms with van der Waals surface area (Å²) in [6, 6.07) is 5.77. The minimum Gasteiger partial charge on any atom is -0.337 e. The summed E-state index contributed by atoms with van der Waals surface area (Å²) in [6.45, 7) is 1.50. The first-order chi connectivity index (χ1) is 11.2. The summed E-state index contributed by atoms with van der Waals surface area (Å²) in [4.78, 5) is 23.7. The average molecular weight is 392 g/mol. The number of hydrogen-bond acceptors (Lipinski definition) is 5. The molecular weight excluding hydrogens is 378 g/mol. The molecule has 1 saturated heterocycles. The third-order valence-electron chi connectivity index (χ3n) is 4.12. The number of rotatable bonds is 2. The maximum atomic E-state index is 12.7. The SMILES string of the molecule is O=C(c1ccc(Br)s1)N1CCCC(c2ccnc3ncnn23)C1. The van der Waals surface area contributed by atoms with Crippen molar-refractivity contribution in [1.82, 2.24) is 24.5 Å². The second-order valence-corrected chi connectivity index (χ2v) is 8.00. The van der Waals surface area contributed by atoms with E-state index in [9.17, 15) is 4.79 Å². The van der Waals surface area contributed by atoms with Gasteiger partial charge in [0.2, 0.25) is 0 Å². The standard InChI is InChI=1S/C15H14BrN5OS/c16-13-4-3-12(23-13)14(22)20-7-1-2-10(8-20)11-5-6-17-15-18-9-19-21(11)15/h3-6,9-10H,1-2,7-8H2. The number of hydrogen-bond donors (Lipinski definition) is 0. The summed E-state index contributed by atoms with van der Waals surface area (Å²) < 4.78 is 2.76. The monoisotopic (exact) mass is 391 g/mol. The number of nitrogens with zero attached hydrogens (tertiary/aromatic N) is 5. The van der Waals surface area contributed by atoms with Gasteiger partial charge < -0.3 is 4.90 Å². The van der Waals surface area contributed by atoms with Crippen LogP contribution in [-0.4, -0.2) is 43.5 Å². The Kier molecular flexibility index (Phi) is 3.86. The molecule has 0 aliphatic carbocycles. The molecule has 0 spiro atoms. The number of carbonyl (C=O) groups is 1. The van der Waals surface area contributed by atoms with Crippen molar-refractivity contribution >= 4 is 39.0 Å². The molecule has 0 aromatic carbocycles. The van der Waals surface area contributed by atoms with Gasteiger partial charge in [0.15, 0.2) is 0 Å². The molecule has 1 fully saturated rings. The third kappa shape index (κ3) is 2.76. The summed E-state index contributed by atoms with van der Waals surface area (Å²) in [5.41, 5.74) is 1.07. The molecule has 0 N–H and O–H groups in total. The molecule has 1 unspecified atom stereocenters. The third-order valence-corrected chi connectivity index (χ3v) is 5.73. The molecular formula is C15H14BrN5OS. The number of halogens is 1. The smallest absolute Gasteiger partial charge is 0.263 e. The molecule has 4 heterocycles. The molecule has 6 nitrogen and oxygen atoms in total. The van der Waals surface area contributed by atoms with Crippen molar-refractivity contribution in [1.29, 1.82) is 0 Å². The number of aromatic nitrogens is 4. The van der Waals surface area contributed by atoms with Crippen molar-refractivity contribution in [2.45, 2.75) is 18.8 Å². The highest BCUT2D eigenvalue weighted by molar-refractivity contribution is 9.11. The topological polar surface area (TPSA) is 63.4 Å². The van der Waals surface area contributed by atoms with Crippen molar-refractivity contribution in [2.75, 3.05) is 13.1 Å². The average Bonchev–Trinajstić information content (AvgIpc) is 3.22. The van der Waals surface area contributed by atoms with Crippen LogP contribution in [0.5, 0.6) is 0 Å². The maximum Gasteiger partial charge on any atom is 0.263 e. The molecule has 1 aliphatic heterocycles. The summed E-state index contributed by atoms with van der Waals surface area (Å²) in [6.07, 6.45) is 5.30. The lowest BCUT2D eigenvalue weighted by atomic mass is 9.94. The zero-order chi connectivity index (χ0) is 15.8. The number of fused-ring (bicyclic) bond motifs is 1. The second kappa shape index (κ2) is 6.01. The molecule has 0 saturated carbocycles. The number of amides is 1. The fourth-order valence-electron chi connectivity index (χ4n) is 3.05. The van der Waals surface area contributed by atoms with Gasteiger partial charge in [0.25, 0.3) is 11.7 Å². The zero-order valence-electron chi connectivity index (χ0n) is 12.2. The van der Waals surface area contributed by atoms with Crippen molar-refractivity contribution in [3.05, 3.63) is 45.1 Å². The van der Waals surface area contributed by atoms with E-state index in [2.05, 4.69) is 31.0 Å². The quantitative estimate of drug-likeness (QED) is 0.673. The van der Waals surface area contributed by atoms with Crippen LogP contribution in [0.3, 0.4) is 0 Å². The first-order valence-electron chi connectivity index (χ1n) is 7.41. The van der Waals surface area contributed by atoms with Gasteiger partial charge in [-0.1, -0.05) is 0 Å². The largest absolute Gasteiger partial charge is 0.337 e. The molecule has 0 bridgehead atoms. The molecule has 1 amide bonds. The van der Waals surface area contributed by atoms with Crippen LogP contribution in [-0.2, 0) is 0 Å². The minimum absolute atomic E-state index is 0.106. The van der Waals surface area contributed by atoms with Gasteiger partial charge in [-0.3, -0.25) is 4.79 Å². The molecule has 0 radical (unpaired) electrons. The Morgan fingerprint density at radius 3 is 3.04 bits per heavy atom. The van der Waals surface area contributed by atoms with Gasteiger partial charge in [0, 0.05) is 25.2 Å². The second-order valence-electron chi connectivity index (χ2n) is 5.54. The van der Waals surface area contributed by atoms with E-state index in [1.54, 1.807) is 10.7 Å². The summed E-state index contributed by atoms with van der Waals surface area (Å²) in [5, 5.41) is 4.26. The molecule has 1 aliphatic rings. The molecule has 8 heteroatoms. The van der Waals surface area contributed by atoms with E-state index in [4.69, 9.17) is 0 Å². The van der Waals surface area contributed by atoms with E-state index in [0.717, 1.165) is 33.7 Å². The highest BCUT2D eigenvalue weighted by Crippen LogP contribution is 2.29. The van der Waals surface area contributed by atoms with Crippen LogP contribution < -0.4 is 0 Å². The van der Waals surface area contributed by atoms with Gasteiger partial charge in [-0.05, 0) is 47.0 Å². The van der Waals surface area contributed by atoms with Crippen LogP contribution in [0.15, 0.2) is 34.5 Å². The molecule has 3 aromatic rings. The molecule has 23 heavy (non-hydrogen) atoms. The highest BCUT2D eigenvalue weighted by atomic mass is 79.9. The van der Waals surface area contributed by atoms with E-state index in [1.807, 2.05) is 23.1 Å². The van der Waals surface area contributed by atoms with E-state index in [-0.39, 0.29) is 11.8 Å². The number of likely N-dealkylation sites (tertiary alicyclic amines) is 1. The van der Waals surface area contributed by atoms with E-state index >= 15 is 0 Å². The summed E-state index contributed by atoms with van der Waals surface area (Å²) in [7, 11) is 0. The summed E-state index contributed by atoms with van der Waals surface area (Å²) in [5.74, 6) is 0.964. The predicted molar refractivity (Wildman–Crippen MR) is 90.7 cm³/mol. The first kappa shape index (κ1) is 14.8. The molecule has 118 valence electrons. The van der Waals surface area contributed by atoms with Crippen LogP contribution in [0.25, 0.3) is 5.78 Å². The Morgan fingerprint density at radius 2 is 2.22 bits per heavy atom. The van der Waals surface area contributed by atoms with Gasteiger partial charge >= 0.3 is 0 Å². The number of carbonyl (C=O) groups excluding carboxylic acids is 1. The Hall–Kier alpha value is -1.80. The number of thiophene rings is 1. The zero-order valence-corrected chi connectivity index (χ0v) is 14.6. The normalized spacial score (nSPS) is 18.5. The van der Waals surface area contributed by atoms with Gasteiger partial charge in [-0.2, -0.15) is 10.1 Å². The fraction of sp³-hybridized carbons (Fsp3) is 0.333. The Labute approximate surface area is 145 Å². The van der Waals surface area contributed by atoms with E-state index in [1.165, 1.54) is 17.7 Å². The van der Waals surface area contributed by atoms with E-state index in [0.29, 0.717) is 12.3 Å². The lowest BCUT2D eigenvalue weighted by molar-refractivity contribution is 0.0710. The van der Waals surface area contributed by atoms with Crippen LogP contribution in [0.2, 0.25) is 0 Å². The van der Waals surface area contributed by atoms with Crippen molar-refractivity contribution in [3.8, 4) is 0 Å². The van der Waals surface area contributed by atoms with Crippen LogP contribution in [0, 0.1) is 0 Å². The minimum atomic E-state index is 0.106. The van der Waals surface area contributed by atoms with Crippen LogP contribution in [0.4, 0.5) is 0 Å². The first-order valence-corrected chi connectivity index (χ1v) is 9.02. The Bertz CT molecular complexity index is 860. The lowest BCUT2D eigenvalue weighted by Crippen LogP contribution is -2.39. The fourth-order valence-corrected chi connectivity index (χ4v) is 4.41. The van der Waals surface area contributed by atoms with Gasteiger partial charge in [0.1, 0.15) is 6.33 Å². The number of piperidine rings is 1. The van der Waals surface area contributed by atoms with Crippen LogP contribution >= 0.6 is 27.3 Å².